The first-order valence-corrected chi connectivity index (χ1v) is 17.7. The molecule has 216 valence electrons. The monoisotopic (exact) mass is 547 g/mol. The Morgan fingerprint density at radius 3 is 1.69 bits per heavy atom. The van der Waals surface area contributed by atoms with Gasteiger partial charge in [-0.15, -0.1) is 0 Å². The summed E-state index contributed by atoms with van der Waals surface area (Å²) in [5.41, 5.74) is 0. The molecule has 0 atom stereocenters. The molecule has 2 aromatic rings. The maximum absolute atomic E-state index is 6.97. The summed E-state index contributed by atoms with van der Waals surface area (Å²) in [6, 6.07) is 21.9. The van der Waals surface area contributed by atoms with Crippen LogP contribution in [-0.2, 0) is 4.43 Å². The third-order valence-corrected chi connectivity index (χ3v) is 12.6. The van der Waals surface area contributed by atoms with Crippen molar-refractivity contribution in [2.45, 2.75) is 110 Å². The summed E-state index contributed by atoms with van der Waals surface area (Å²) in [4.78, 5) is 0. The first-order chi connectivity index (χ1) is 19.0. The lowest BCUT2D eigenvalue weighted by molar-refractivity contribution is 0.295. The van der Waals surface area contributed by atoms with Crippen molar-refractivity contribution < 1.29 is 4.43 Å². The van der Waals surface area contributed by atoms with Gasteiger partial charge in [-0.3, -0.25) is 0 Å². The zero-order chi connectivity index (χ0) is 28.1. The lowest BCUT2D eigenvalue weighted by atomic mass is 10.1. The fourth-order valence-electron chi connectivity index (χ4n) is 5.40. The molecule has 2 nitrogen and oxygen atoms in total. The van der Waals surface area contributed by atoms with Crippen LogP contribution in [0.3, 0.4) is 0 Å². The molecular weight excluding hydrogens is 490 g/mol. The molecular formula is C36H57NOSi. The van der Waals surface area contributed by atoms with E-state index in [1.54, 1.807) is 0 Å². The average Bonchev–Trinajstić information content (AvgIpc) is 2.94. The van der Waals surface area contributed by atoms with Gasteiger partial charge in [0.2, 0.25) is 0 Å². The number of rotatable bonds is 21. The molecule has 39 heavy (non-hydrogen) atoms. The number of nitrogens with one attached hydrogen (secondary N) is 1. The molecule has 0 aliphatic carbocycles. The number of benzene rings is 2. The standard InChI is InChI=1S/C36H57NOSi/c1-5-6-7-8-9-10-11-12-13-14-15-16-17-18-19-26-31-37-32-33-38-39(36(2,3)4,34-27-22-20-23-28-34)35-29-24-21-25-30-35/h9-10,12-13,20-25,27-30,37H,5-8,11,14-19,26,31-33H2,1-4H3/b10-9-,13-12-. The van der Waals surface area contributed by atoms with Gasteiger partial charge in [0, 0.05) is 13.2 Å². The van der Waals surface area contributed by atoms with Crippen LogP contribution in [0.1, 0.15) is 105 Å². The Balaban J connectivity index is 1.60. The van der Waals surface area contributed by atoms with Crippen LogP contribution in [0.5, 0.6) is 0 Å². The van der Waals surface area contributed by atoms with Gasteiger partial charge < -0.3 is 9.74 Å². The van der Waals surface area contributed by atoms with Crippen LogP contribution in [0.2, 0.25) is 5.04 Å². The summed E-state index contributed by atoms with van der Waals surface area (Å²) in [5.74, 6) is 0. The van der Waals surface area contributed by atoms with Crippen molar-refractivity contribution in [1.29, 1.82) is 0 Å². The fraction of sp³-hybridized carbons (Fsp3) is 0.556. The highest BCUT2D eigenvalue weighted by Crippen LogP contribution is 2.36. The number of unbranched alkanes of at least 4 members (excludes halogenated alkanes) is 9. The van der Waals surface area contributed by atoms with E-state index in [0.717, 1.165) is 26.1 Å². The molecule has 0 radical (unpaired) electrons. The second-order valence-corrected chi connectivity index (χ2v) is 16.2. The van der Waals surface area contributed by atoms with Gasteiger partial charge in [0.15, 0.2) is 0 Å². The number of hydrogen-bond donors (Lipinski definition) is 1. The van der Waals surface area contributed by atoms with E-state index in [2.05, 4.69) is 118 Å². The van der Waals surface area contributed by atoms with E-state index in [1.807, 2.05) is 0 Å². The lowest BCUT2D eigenvalue weighted by Crippen LogP contribution is -2.67. The van der Waals surface area contributed by atoms with Gasteiger partial charge in [0.05, 0.1) is 0 Å². The summed E-state index contributed by atoms with van der Waals surface area (Å²) in [6.07, 6.45) is 24.9. The number of hydrogen-bond acceptors (Lipinski definition) is 2. The zero-order valence-corrected chi connectivity index (χ0v) is 26.6. The molecule has 0 bridgehead atoms. The van der Waals surface area contributed by atoms with Crippen LogP contribution in [0.25, 0.3) is 0 Å². The van der Waals surface area contributed by atoms with E-state index in [4.69, 9.17) is 4.43 Å². The van der Waals surface area contributed by atoms with Crippen molar-refractivity contribution >= 4 is 18.7 Å². The third-order valence-electron chi connectivity index (χ3n) is 7.57. The van der Waals surface area contributed by atoms with Crippen molar-refractivity contribution in [2.75, 3.05) is 19.7 Å². The Hall–Kier alpha value is -1.94. The van der Waals surface area contributed by atoms with Crippen molar-refractivity contribution in [2.24, 2.45) is 0 Å². The van der Waals surface area contributed by atoms with Gasteiger partial charge in [-0.05, 0) is 60.5 Å². The molecule has 0 saturated heterocycles. The normalized spacial score (nSPS) is 12.6. The summed E-state index contributed by atoms with van der Waals surface area (Å²) < 4.78 is 6.97. The van der Waals surface area contributed by atoms with E-state index >= 15 is 0 Å². The van der Waals surface area contributed by atoms with E-state index in [-0.39, 0.29) is 5.04 Å². The highest BCUT2D eigenvalue weighted by Gasteiger charge is 2.49. The Labute approximate surface area is 242 Å². The largest absolute Gasteiger partial charge is 0.406 e. The average molecular weight is 548 g/mol. The van der Waals surface area contributed by atoms with Gasteiger partial charge in [-0.1, -0.05) is 151 Å². The van der Waals surface area contributed by atoms with Crippen LogP contribution in [-0.4, -0.2) is 28.0 Å². The van der Waals surface area contributed by atoms with Crippen molar-refractivity contribution in [3.8, 4) is 0 Å². The SMILES string of the molecule is CCCCC/C=C\C/C=C\CCCCCCCCNCCO[Si](c1ccccc1)(c1ccccc1)C(C)(C)C. The maximum atomic E-state index is 6.97. The van der Waals surface area contributed by atoms with Gasteiger partial charge in [-0.25, -0.2) is 0 Å². The first-order valence-electron chi connectivity index (χ1n) is 15.8. The maximum Gasteiger partial charge on any atom is 0.261 e. The minimum atomic E-state index is -2.41. The van der Waals surface area contributed by atoms with Gasteiger partial charge in [0.1, 0.15) is 0 Å². The van der Waals surface area contributed by atoms with Crippen LogP contribution < -0.4 is 15.7 Å². The molecule has 0 spiro atoms. The quantitative estimate of drug-likeness (QED) is 0.0956. The fourth-order valence-corrected chi connectivity index (χ4v) is 9.96. The summed E-state index contributed by atoms with van der Waals surface area (Å²) in [5, 5.41) is 6.39. The van der Waals surface area contributed by atoms with Crippen LogP contribution in [0, 0.1) is 0 Å². The lowest BCUT2D eigenvalue weighted by Gasteiger charge is -2.43. The minimum Gasteiger partial charge on any atom is -0.406 e. The summed E-state index contributed by atoms with van der Waals surface area (Å²) in [6.45, 7) is 12.0. The topological polar surface area (TPSA) is 21.3 Å². The second-order valence-electron chi connectivity index (χ2n) is 11.8. The molecule has 0 saturated carbocycles. The predicted molar refractivity (Wildman–Crippen MR) is 176 cm³/mol. The molecule has 3 heteroatoms. The van der Waals surface area contributed by atoms with Crippen molar-refractivity contribution in [3.05, 3.63) is 85.0 Å². The summed E-state index contributed by atoms with van der Waals surface area (Å²) >= 11 is 0. The molecule has 0 fully saturated rings. The summed E-state index contributed by atoms with van der Waals surface area (Å²) in [7, 11) is -2.41. The van der Waals surface area contributed by atoms with Crippen LogP contribution in [0.4, 0.5) is 0 Å². The number of allylic oxidation sites excluding steroid dienone is 4. The second kappa shape index (κ2) is 20.0. The Morgan fingerprint density at radius 1 is 0.641 bits per heavy atom. The molecule has 2 rings (SSSR count). The Bertz CT molecular complexity index is 861. The van der Waals surface area contributed by atoms with Gasteiger partial charge in [-0.2, -0.15) is 0 Å². The molecule has 0 heterocycles. The molecule has 0 amide bonds. The molecule has 0 aliphatic rings. The molecule has 1 N–H and O–H groups in total. The van der Waals surface area contributed by atoms with E-state index in [9.17, 15) is 0 Å². The van der Waals surface area contributed by atoms with E-state index < -0.39 is 8.32 Å². The Kier molecular flexibility index (Phi) is 17.1. The third kappa shape index (κ3) is 12.4. The zero-order valence-electron chi connectivity index (χ0n) is 25.6. The first kappa shape index (κ1) is 33.3. The van der Waals surface area contributed by atoms with Crippen molar-refractivity contribution in [3.63, 3.8) is 0 Å². The highest BCUT2D eigenvalue weighted by atomic mass is 28.4. The molecule has 2 aromatic carbocycles. The van der Waals surface area contributed by atoms with Gasteiger partial charge in [0.25, 0.3) is 8.32 Å². The smallest absolute Gasteiger partial charge is 0.261 e. The van der Waals surface area contributed by atoms with Crippen LogP contribution >= 0.6 is 0 Å². The van der Waals surface area contributed by atoms with Crippen molar-refractivity contribution in [1.82, 2.24) is 5.32 Å². The minimum absolute atomic E-state index is 0.0381. The van der Waals surface area contributed by atoms with Crippen LogP contribution in [0.15, 0.2) is 85.0 Å². The van der Waals surface area contributed by atoms with E-state index in [1.165, 1.54) is 81.0 Å². The highest BCUT2D eigenvalue weighted by molar-refractivity contribution is 6.99. The Morgan fingerprint density at radius 2 is 1.15 bits per heavy atom. The predicted octanol–water partition coefficient (Wildman–Crippen LogP) is 8.97. The molecule has 0 aliphatic heterocycles. The molecule has 0 unspecified atom stereocenters. The van der Waals surface area contributed by atoms with E-state index in [0.29, 0.717) is 0 Å². The van der Waals surface area contributed by atoms with Gasteiger partial charge >= 0.3 is 0 Å². The molecule has 0 aromatic heterocycles.